The Morgan fingerprint density at radius 1 is 0.758 bits per heavy atom. The molecule has 0 unspecified atom stereocenters. The highest BCUT2D eigenvalue weighted by Gasteiger charge is 2.36. The molecule has 0 saturated carbocycles. The fourth-order valence-corrected chi connectivity index (χ4v) is 4.23. The number of benzene rings is 4. The molecule has 0 bridgehead atoms. The number of carbonyl (C=O) groups excluding carboxylic acids is 3. The molecule has 1 aliphatic rings. The van der Waals surface area contributed by atoms with Crippen LogP contribution in [0.3, 0.4) is 0 Å². The molecule has 0 spiro atoms. The van der Waals surface area contributed by atoms with Crippen molar-refractivity contribution in [1.29, 1.82) is 0 Å². The average Bonchev–Trinajstić information content (AvgIpc) is 2.87. The normalized spacial score (nSPS) is 12.7. The molecule has 0 radical (unpaired) electrons. The van der Waals surface area contributed by atoms with E-state index in [1.54, 1.807) is 72.8 Å². The van der Waals surface area contributed by atoms with E-state index in [1.807, 2.05) is 6.07 Å². The lowest BCUT2D eigenvalue weighted by Gasteiger charge is -2.29. The van der Waals surface area contributed by atoms with E-state index < -0.39 is 11.8 Å². The smallest absolute Gasteiger partial charge is 0.266 e. The number of amides is 2. The van der Waals surface area contributed by atoms with E-state index in [2.05, 4.69) is 0 Å². The molecule has 0 fully saturated rings. The fourth-order valence-electron chi connectivity index (χ4n) is 4.23. The van der Waals surface area contributed by atoms with E-state index in [4.69, 9.17) is 9.47 Å². The van der Waals surface area contributed by atoms with Gasteiger partial charge in [-0.2, -0.15) is 0 Å². The fraction of sp³-hybridized carbons (Fsp3) is 0.0741. The Morgan fingerprint density at radius 3 is 2.18 bits per heavy atom. The zero-order chi connectivity index (χ0) is 23.1. The van der Waals surface area contributed by atoms with Crippen molar-refractivity contribution in [2.24, 2.45) is 0 Å². The molecule has 0 saturated heterocycles. The number of methoxy groups -OCH3 is 2. The molecular formula is C27H19NO5. The molecule has 0 N–H and O–H groups in total. The Bertz CT molecular complexity index is 1420. The van der Waals surface area contributed by atoms with E-state index in [9.17, 15) is 14.4 Å². The van der Waals surface area contributed by atoms with Crippen molar-refractivity contribution in [2.45, 2.75) is 0 Å². The first-order valence-electron chi connectivity index (χ1n) is 10.3. The topological polar surface area (TPSA) is 72.9 Å². The van der Waals surface area contributed by atoms with Crippen molar-refractivity contribution >= 4 is 34.1 Å². The lowest BCUT2D eigenvalue weighted by molar-refractivity contribution is 0.0891. The highest BCUT2D eigenvalue weighted by atomic mass is 16.5. The van der Waals surface area contributed by atoms with Crippen LogP contribution in [0, 0.1) is 0 Å². The zero-order valence-corrected chi connectivity index (χ0v) is 18.0. The van der Waals surface area contributed by atoms with Crippen LogP contribution in [0.5, 0.6) is 11.5 Å². The Kier molecular flexibility index (Phi) is 4.90. The number of nitrogens with zero attached hydrogens (tertiary/aromatic N) is 1. The van der Waals surface area contributed by atoms with E-state index in [0.717, 1.165) is 4.90 Å². The first-order valence-corrected chi connectivity index (χ1v) is 10.3. The molecule has 2 amide bonds. The van der Waals surface area contributed by atoms with Gasteiger partial charge in [-0.1, -0.05) is 42.5 Å². The molecule has 0 aromatic heterocycles. The number of rotatable bonds is 5. The van der Waals surface area contributed by atoms with Gasteiger partial charge in [0.05, 0.1) is 19.9 Å². The predicted molar refractivity (Wildman–Crippen MR) is 125 cm³/mol. The molecule has 6 nitrogen and oxygen atoms in total. The quantitative estimate of drug-likeness (QED) is 0.328. The summed E-state index contributed by atoms with van der Waals surface area (Å²) in [6.07, 6.45) is 0. The number of carbonyl (C=O) groups is 3. The Morgan fingerprint density at radius 2 is 1.48 bits per heavy atom. The third kappa shape index (κ3) is 3.15. The van der Waals surface area contributed by atoms with Crippen molar-refractivity contribution in [3.05, 3.63) is 101 Å². The molecule has 1 heterocycles. The van der Waals surface area contributed by atoms with Crippen LogP contribution in [0.15, 0.2) is 78.9 Å². The van der Waals surface area contributed by atoms with Gasteiger partial charge in [0.15, 0.2) is 5.78 Å². The maximum absolute atomic E-state index is 13.6. The van der Waals surface area contributed by atoms with Gasteiger partial charge in [0.2, 0.25) is 0 Å². The van der Waals surface area contributed by atoms with Crippen LogP contribution in [0.4, 0.5) is 5.69 Å². The molecule has 1 aliphatic heterocycles. The second kappa shape index (κ2) is 7.91. The number of imide groups is 1. The number of anilines is 1. The monoisotopic (exact) mass is 437 g/mol. The van der Waals surface area contributed by atoms with Crippen molar-refractivity contribution < 1.29 is 23.9 Å². The molecule has 4 aromatic carbocycles. The van der Waals surface area contributed by atoms with Crippen LogP contribution in [-0.2, 0) is 0 Å². The van der Waals surface area contributed by atoms with E-state index in [0.29, 0.717) is 50.2 Å². The molecule has 162 valence electrons. The van der Waals surface area contributed by atoms with Gasteiger partial charge in [-0.3, -0.25) is 14.4 Å². The summed E-state index contributed by atoms with van der Waals surface area (Å²) in [6.45, 7) is 0. The van der Waals surface area contributed by atoms with Crippen LogP contribution >= 0.6 is 0 Å². The summed E-state index contributed by atoms with van der Waals surface area (Å²) >= 11 is 0. The molecule has 4 aromatic rings. The second-order valence-corrected chi connectivity index (χ2v) is 7.57. The first-order chi connectivity index (χ1) is 16.0. The first kappa shape index (κ1) is 20.5. The summed E-state index contributed by atoms with van der Waals surface area (Å²) in [5.41, 5.74) is 1.95. The lowest BCUT2D eigenvalue weighted by atomic mass is 9.88. The molecule has 6 heteroatoms. The Labute approximate surface area is 190 Å². The van der Waals surface area contributed by atoms with Crippen molar-refractivity contribution in [3.63, 3.8) is 0 Å². The van der Waals surface area contributed by atoms with E-state index in [1.165, 1.54) is 14.2 Å². The van der Waals surface area contributed by atoms with Crippen LogP contribution < -0.4 is 14.4 Å². The summed E-state index contributed by atoms with van der Waals surface area (Å²) in [5.74, 6) is -0.303. The van der Waals surface area contributed by atoms with Crippen molar-refractivity contribution in [1.82, 2.24) is 0 Å². The number of hydrogen-bond acceptors (Lipinski definition) is 5. The SMILES string of the molecule is COc1ccc(OC)c(N2C(=O)c3cccc4c(C(=O)c5ccccc5)ccc(c34)C2=O)c1. The largest absolute Gasteiger partial charge is 0.497 e. The van der Waals surface area contributed by atoms with E-state index >= 15 is 0 Å². The minimum Gasteiger partial charge on any atom is -0.497 e. The Hall–Kier alpha value is -4.45. The van der Waals surface area contributed by atoms with Gasteiger partial charge < -0.3 is 9.47 Å². The summed E-state index contributed by atoms with van der Waals surface area (Å²) in [6, 6.07) is 22.2. The second-order valence-electron chi connectivity index (χ2n) is 7.57. The standard InChI is InChI=1S/C27H19NO5/c1-32-17-11-14-23(33-2)22(15-17)28-26(30)20-10-6-9-18-19(12-13-21(24(18)20)27(28)31)25(29)16-7-4-3-5-8-16/h3-15H,1-2H3. The van der Waals surface area contributed by atoms with Gasteiger partial charge in [-0.25, -0.2) is 4.90 Å². The van der Waals surface area contributed by atoms with Crippen molar-refractivity contribution in [3.8, 4) is 11.5 Å². The lowest BCUT2D eigenvalue weighted by Crippen LogP contribution is -2.40. The summed E-state index contributed by atoms with van der Waals surface area (Å²) in [7, 11) is 2.98. The third-order valence-corrected chi connectivity index (χ3v) is 5.82. The third-order valence-electron chi connectivity index (χ3n) is 5.82. The summed E-state index contributed by atoms with van der Waals surface area (Å²) in [4.78, 5) is 41.4. The van der Waals surface area contributed by atoms with Gasteiger partial charge in [0.25, 0.3) is 11.8 Å². The minimum atomic E-state index is -0.492. The highest BCUT2D eigenvalue weighted by molar-refractivity contribution is 6.37. The molecule has 0 atom stereocenters. The van der Waals surface area contributed by atoms with Gasteiger partial charge in [0, 0.05) is 33.7 Å². The van der Waals surface area contributed by atoms with E-state index in [-0.39, 0.29) is 5.78 Å². The van der Waals surface area contributed by atoms with Gasteiger partial charge in [0.1, 0.15) is 11.5 Å². The molecular weight excluding hydrogens is 418 g/mol. The number of ketones is 1. The van der Waals surface area contributed by atoms with Crippen LogP contribution in [0.25, 0.3) is 10.8 Å². The van der Waals surface area contributed by atoms with Gasteiger partial charge in [-0.05, 0) is 35.7 Å². The highest BCUT2D eigenvalue weighted by Crippen LogP contribution is 2.39. The minimum absolute atomic E-state index is 0.170. The number of hydrogen-bond donors (Lipinski definition) is 0. The van der Waals surface area contributed by atoms with Gasteiger partial charge >= 0.3 is 0 Å². The number of ether oxygens (including phenoxy) is 2. The summed E-state index contributed by atoms with van der Waals surface area (Å²) < 4.78 is 10.7. The molecule has 0 aliphatic carbocycles. The maximum Gasteiger partial charge on any atom is 0.266 e. The summed E-state index contributed by atoms with van der Waals surface area (Å²) in [5, 5.41) is 1.05. The van der Waals surface area contributed by atoms with Crippen LogP contribution in [0.2, 0.25) is 0 Å². The zero-order valence-electron chi connectivity index (χ0n) is 18.0. The van der Waals surface area contributed by atoms with Crippen LogP contribution in [-0.4, -0.2) is 31.8 Å². The van der Waals surface area contributed by atoms with Crippen LogP contribution in [0.1, 0.15) is 36.6 Å². The molecule has 5 rings (SSSR count). The predicted octanol–water partition coefficient (Wildman–Crippen LogP) is 4.89. The van der Waals surface area contributed by atoms with Gasteiger partial charge in [-0.15, -0.1) is 0 Å². The average molecular weight is 437 g/mol. The molecule has 33 heavy (non-hydrogen) atoms. The van der Waals surface area contributed by atoms with Crippen molar-refractivity contribution in [2.75, 3.05) is 19.1 Å². The Balaban J connectivity index is 1.70. The maximum atomic E-state index is 13.6.